The quantitative estimate of drug-likeness (QED) is 0.695. The summed E-state index contributed by atoms with van der Waals surface area (Å²) >= 11 is 0. The number of ether oxygens (including phenoxy) is 5. The van der Waals surface area contributed by atoms with Crippen molar-refractivity contribution >= 4 is 11.8 Å². The second-order valence-electron chi connectivity index (χ2n) is 5.96. The van der Waals surface area contributed by atoms with Gasteiger partial charge in [-0.3, -0.25) is 9.59 Å². The van der Waals surface area contributed by atoms with Crippen LogP contribution in [0.1, 0.15) is 33.6 Å². The van der Waals surface area contributed by atoms with Crippen LogP contribution in [0.25, 0.3) is 0 Å². The summed E-state index contributed by atoms with van der Waals surface area (Å²) in [6.45, 7) is 5.86. The first-order valence-corrected chi connectivity index (χ1v) is 7.55. The highest BCUT2D eigenvalue weighted by Gasteiger charge is 2.47. The van der Waals surface area contributed by atoms with Gasteiger partial charge in [0.2, 0.25) is 0 Å². The summed E-state index contributed by atoms with van der Waals surface area (Å²) in [7, 11) is 1.33. The number of esters is 1. The smallest absolute Gasteiger partial charge is 0.308 e. The molecule has 7 nitrogen and oxygen atoms in total. The van der Waals surface area contributed by atoms with E-state index in [1.165, 1.54) is 7.11 Å². The zero-order valence-corrected chi connectivity index (χ0v) is 13.5. The second kappa shape index (κ2) is 7.04. The van der Waals surface area contributed by atoms with Crippen LogP contribution in [0.2, 0.25) is 0 Å². The maximum Gasteiger partial charge on any atom is 0.308 e. The first-order valence-electron chi connectivity index (χ1n) is 7.55. The molecule has 0 aliphatic carbocycles. The van der Waals surface area contributed by atoms with Gasteiger partial charge in [-0.25, -0.2) is 0 Å². The van der Waals surface area contributed by atoms with Crippen LogP contribution in [0.3, 0.4) is 0 Å². The van der Waals surface area contributed by atoms with Gasteiger partial charge in [0.1, 0.15) is 12.2 Å². The van der Waals surface area contributed by atoms with Crippen LogP contribution >= 0.6 is 0 Å². The van der Waals surface area contributed by atoms with Gasteiger partial charge in [-0.15, -0.1) is 0 Å². The molecule has 126 valence electrons. The van der Waals surface area contributed by atoms with Crippen LogP contribution in [0.5, 0.6) is 0 Å². The molecule has 0 N–H and O–H groups in total. The maximum atomic E-state index is 12.6. The fraction of sp³-hybridized carbons (Fsp3) is 0.867. The fourth-order valence-corrected chi connectivity index (χ4v) is 2.54. The molecule has 4 unspecified atom stereocenters. The first-order chi connectivity index (χ1) is 10.4. The Kier molecular flexibility index (Phi) is 5.55. The Morgan fingerprint density at radius 1 is 1.41 bits per heavy atom. The minimum Gasteiger partial charge on any atom is -0.469 e. The topological polar surface area (TPSA) is 80.3 Å². The highest BCUT2D eigenvalue weighted by atomic mass is 16.7. The van der Waals surface area contributed by atoms with Crippen molar-refractivity contribution in [2.75, 3.05) is 20.3 Å². The van der Waals surface area contributed by atoms with Crippen molar-refractivity contribution in [1.82, 2.24) is 0 Å². The number of rotatable bonds is 5. The van der Waals surface area contributed by atoms with E-state index in [-0.39, 0.29) is 30.9 Å². The van der Waals surface area contributed by atoms with Gasteiger partial charge in [0.05, 0.1) is 32.8 Å². The molecule has 2 heterocycles. The Bertz CT molecular complexity index is 420. The molecule has 7 heteroatoms. The Morgan fingerprint density at radius 3 is 2.77 bits per heavy atom. The zero-order valence-electron chi connectivity index (χ0n) is 13.5. The molecule has 4 atom stereocenters. The average Bonchev–Trinajstić information content (AvgIpc) is 2.48. The van der Waals surface area contributed by atoms with Crippen LogP contribution in [0.15, 0.2) is 0 Å². The summed E-state index contributed by atoms with van der Waals surface area (Å²) in [5.41, 5.74) is 0. The predicted molar refractivity (Wildman–Crippen MR) is 75.2 cm³/mol. The summed E-state index contributed by atoms with van der Waals surface area (Å²) < 4.78 is 27.2. The summed E-state index contributed by atoms with van der Waals surface area (Å²) in [6, 6.07) is 0. The molecule has 0 radical (unpaired) electrons. The number of Topliss-reactive ketones (excluding diaryl/α,β-unsaturated/α-hetero) is 1. The van der Waals surface area contributed by atoms with Crippen molar-refractivity contribution in [2.45, 2.75) is 63.8 Å². The lowest BCUT2D eigenvalue weighted by molar-refractivity contribution is -0.314. The summed E-state index contributed by atoms with van der Waals surface area (Å²) in [5.74, 6) is -1.34. The van der Waals surface area contributed by atoms with Crippen molar-refractivity contribution in [3.63, 3.8) is 0 Å². The van der Waals surface area contributed by atoms with E-state index in [1.54, 1.807) is 13.8 Å². The molecule has 0 aromatic heterocycles. The Labute approximate surface area is 130 Å². The number of ketones is 1. The van der Waals surface area contributed by atoms with Crippen molar-refractivity contribution in [1.29, 1.82) is 0 Å². The van der Waals surface area contributed by atoms with Gasteiger partial charge >= 0.3 is 5.97 Å². The van der Waals surface area contributed by atoms with E-state index in [2.05, 4.69) is 4.74 Å². The molecule has 2 saturated heterocycles. The van der Waals surface area contributed by atoms with Crippen LogP contribution in [0, 0.1) is 0 Å². The third kappa shape index (κ3) is 4.04. The molecule has 22 heavy (non-hydrogen) atoms. The molecule has 2 fully saturated rings. The number of carbonyl (C=O) groups excluding carboxylic acids is 2. The van der Waals surface area contributed by atoms with Gasteiger partial charge in [0.15, 0.2) is 17.7 Å². The van der Waals surface area contributed by atoms with E-state index in [0.717, 1.165) is 0 Å². The standard InChI is InChI=1S/C15H24O7/c1-5-9(6-12(16)18-4)21-10-7-19-11-8-20-15(2,3)22-14(11)13(10)17/h9-11,14H,5-8H2,1-4H3. The normalized spacial score (nSPS) is 32.2. The predicted octanol–water partition coefficient (Wildman–Crippen LogP) is 0.833. The minimum atomic E-state index is -0.821. The molecular weight excluding hydrogens is 292 g/mol. The van der Waals surface area contributed by atoms with Gasteiger partial charge in [0, 0.05) is 0 Å². The van der Waals surface area contributed by atoms with E-state index >= 15 is 0 Å². The molecule has 0 bridgehead atoms. The lowest BCUT2D eigenvalue weighted by atomic mass is 10.00. The molecule has 2 aliphatic rings. The lowest BCUT2D eigenvalue weighted by Gasteiger charge is -2.44. The first kappa shape index (κ1) is 17.3. The van der Waals surface area contributed by atoms with Crippen molar-refractivity contribution < 1.29 is 33.3 Å². The molecular formula is C15H24O7. The SMILES string of the molecule is CCC(CC(=O)OC)OC1COC2COC(C)(C)OC2C1=O. The number of hydrogen-bond acceptors (Lipinski definition) is 7. The molecule has 2 aliphatic heterocycles. The number of fused-ring (bicyclic) bond motifs is 1. The van der Waals surface area contributed by atoms with Gasteiger partial charge in [-0.1, -0.05) is 6.92 Å². The highest BCUT2D eigenvalue weighted by molar-refractivity contribution is 5.89. The molecule has 0 aromatic carbocycles. The van der Waals surface area contributed by atoms with Gasteiger partial charge in [-0.2, -0.15) is 0 Å². The van der Waals surface area contributed by atoms with Crippen molar-refractivity contribution in [2.24, 2.45) is 0 Å². The largest absolute Gasteiger partial charge is 0.469 e. The number of carbonyl (C=O) groups is 2. The Balaban J connectivity index is 1.97. The molecule has 0 aromatic rings. The van der Waals surface area contributed by atoms with E-state index < -0.39 is 24.1 Å². The number of hydrogen-bond donors (Lipinski definition) is 0. The molecule has 2 rings (SSSR count). The van der Waals surface area contributed by atoms with E-state index in [9.17, 15) is 9.59 Å². The van der Waals surface area contributed by atoms with Crippen molar-refractivity contribution in [3.05, 3.63) is 0 Å². The van der Waals surface area contributed by atoms with Crippen LogP contribution in [-0.4, -0.2) is 62.3 Å². The number of methoxy groups -OCH3 is 1. The highest BCUT2D eigenvalue weighted by Crippen LogP contribution is 2.29. The lowest BCUT2D eigenvalue weighted by Crippen LogP contribution is -2.60. The zero-order chi connectivity index (χ0) is 16.3. The maximum absolute atomic E-state index is 12.6. The molecule has 0 amide bonds. The van der Waals surface area contributed by atoms with Crippen LogP contribution in [0.4, 0.5) is 0 Å². The minimum absolute atomic E-state index is 0.111. The van der Waals surface area contributed by atoms with E-state index in [4.69, 9.17) is 18.9 Å². The van der Waals surface area contributed by atoms with Gasteiger partial charge in [0.25, 0.3) is 0 Å². The second-order valence-corrected chi connectivity index (χ2v) is 5.96. The monoisotopic (exact) mass is 316 g/mol. The summed E-state index contributed by atoms with van der Waals surface area (Å²) in [4.78, 5) is 23.9. The molecule has 0 spiro atoms. The average molecular weight is 316 g/mol. The third-order valence-electron chi connectivity index (χ3n) is 3.84. The van der Waals surface area contributed by atoms with E-state index in [1.807, 2.05) is 6.92 Å². The summed E-state index contributed by atoms with van der Waals surface area (Å²) in [5, 5.41) is 0. The molecule has 0 saturated carbocycles. The van der Waals surface area contributed by atoms with E-state index in [0.29, 0.717) is 13.0 Å². The van der Waals surface area contributed by atoms with Gasteiger partial charge < -0.3 is 23.7 Å². The Morgan fingerprint density at radius 2 is 2.14 bits per heavy atom. The Hall–Kier alpha value is -1.02. The van der Waals surface area contributed by atoms with Crippen LogP contribution in [-0.2, 0) is 33.3 Å². The third-order valence-corrected chi connectivity index (χ3v) is 3.84. The van der Waals surface area contributed by atoms with Crippen molar-refractivity contribution in [3.8, 4) is 0 Å². The summed E-state index contributed by atoms with van der Waals surface area (Å²) in [6.07, 6.45) is -1.50. The fourth-order valence-electron chi connectivity index (χ4n) is 2.54. The van der Waals surface area contributed by atoms with Gasteiger partial charge in [-0.05, 0) is 20.3 Å². The van der Waals surface area contributed by atoms with Crippen LogP contribution < -0.4 is 0 Å².